The molecule has 5 nitrogen and oxygen atoms in total. The second-order valence-corrected chi connectivity index (χ2v) is 8.03. The molecule has 6 heteroatoms. The lowest BCUT2D eigenvalue weighted by Crippen LogP contribution is -2.29. The van der Waals surface area contributed by atoms with Gasteiger partial charge in [-0.25, -0.2) is 4.79 Å². The quantitative estimate of drug-likeness (QED) is 0.718. The average molecular weight is 385 g/mol. The summed E-state index contributed by atoms with van der Waals surface area (Å²) in [6.45, 7) is 3.95. The number of nitrogens with zero attached hydrogens (tertiary/aromatic N) is 1. The maximum absolute atomic E-state index is 12.5. The van der Waals surface area contributed by atoms with E-state index in [-0.39, 0.29) is 11.5 Å². The van der Waals surface area contributed by atoms with Gasteiger partial charge in [0.15, 0.2) is 0 Å². The summed E-state index contributed by atoms with van der Waals surface area (Å²) in [5, 5.41) is 11.8. The van der Waals surface area contributed by atoms with Crippen LogP contribution in [0.3, 0.4) is 0 Å². The van der Waals surface area contributed by atoms with E-state index in [1.54, 1.807) is 31.2 Å². The van der Waals surface area contributed by atoms with Crippen LogP contribution in [0.4, 0.5) is 11.4 Å². The van der Waals surface area contributed by atoms with E-state index in [0.29, 0.717) is 4.90 Å². The van der Waals surface area contributed by atoms with Crippen LogP contribution in [0, 0.1) is 0 Å². The molecule has 1 heterocycles. The zero-order valence-corrected chi connectivity index (χ0v) is 16.2. The second kappa shape index (κ2) is 8.95. The van der Waals surface area contributed by atoms with Crippen LogP contribution in [0.5, 0.6) is 0 Å². The maximum atomic E-state index is 12.5. The Hall–Kier alpha value is -2.47. The van der Waals surface area contributed by atoms with E-state index in [1.807, 2.05) is 24.3 Å². The Bertz CT molecular complexity index is 801. The standard InChI is InChI=1S/C21H24N2O3S/c1-15(27-19-8-4-3-7-18(19)21(25)26)20(24)22-16-9-11-17(12-10-16)23-13-5-2-6-14-23/h3-4,7-12,15H,2,5-6,13-14H2,1H3,(H,22,24)(H,25,26)/t15-/m1/s1. The number of hydrogen-bond donors (Lipinski definition) is 2. The first-order chi connectivity index (χ1) is 13.0. The van der Waals surface area contributed by atoms with Gasteiger partial charge in [-0.05, 0) is 62.6 Å². The predicted octanol–water partition coefficient (Wildman–Crippen LogP) is 4.49. The van der Waals surface area contributed by atoms with E-state index in [2.05, 4.69) is 10.2 Å². The summed E-state index contributed by atoms with van der Waals surface area (Å²) in [5.74, 6) is -1.13. The number of thioether (sulfide) groups is 1. The van der Waals surface area contributed by atoms with E-state index in [0.717, 1.165) is 18.8 Å². The van der Waals surface area contributed by atoms with Crippen LogP contribution in [0.2, 0.25) is 0 Å². The van der Waals surface area contributed by atoms with Gasteiger partial charge in [0, 0.05) is 29.4 Å². The first-order valence-corrected chi connectivity index (χ1v) is 10.1. The van der Waals surface area contributed by atoms with Crippen molar-refractivity contribution < 1.29 is 14.7 Å². The third kappa shape index (κ3) is 5.04. The minimum absolute atomic E-state index is 0.147. The third-order valence-electron chi connectivity index (χ3n) is 4.65. The van der Waals surface area contributed by atoms with E-state index >= 15 is 0 Å². The molecule has 0 radical (unpaired) electrons. The summed E-state index contributed by atoms with van der Waals surface area (Å²) in [6.07, 6.45) is 3.75. The molecule has 1 saturated heterocycles. The maximum Gasteiger partial charge on any atom is 0.336 e. The van der Waals surface area contributed by atoms with Gasteiger partial charge in [0.05, 0.1) is 10.8 Å². The summed E-state index contributed by atoms with van der Waals surface area (Å²) in [4.78, 5) is 26.8. The lowest BCUT2D eigenvalue weighted by Gasteiger charge is -2.28. The summed E-state index contributed by atoms with van der Waals surface area (Å²) in [7, 11) is 0. The molecule has 1 aliphatic heterocycles. The summed E-state index contributed by atoms with van der Waals surface area (Å²) >= 11 is 1.25. The molecule has 2 aromatic rings. The second-order valence-electron chi connectivity index (χ2n) is 6.65. The highest BCUT2D eigenvalue weighted by Gasteiger charge is 2.18. The molecular weight excluding hydrogens is 360 g/mol. The van der Waals surface area contributed by atoms with E-state index in [4.69, 9.17) is 0 Å². The molecule has 0 spiro atoms. The van der Waals surface area contributed by atoms with Crippen LogP contribution in [0.15, 0.2) is 53.4 Å². The van der Waals surface area contributed by atoms with Crippen molar-refractivity contribution >= 4 is 35.0 Å². The number of rotatable bonds is 6. The molecule has 0 saturated carbocycles. The molecular formula is C21H24N2O3S. The first kappa shape index (κ1) is 19.3. The van der Waals surface area contributed by atoms with Crippen molar-refractivity contribution in [2.75, 3.05) is 23.3 Å². The Kier molecular flexibility index (Phi) is 6.40. The Morgan fingerprint density at radius 3 is 2.37 bits per heavy atom. The Balaban J connectivity index is 1.60. The molecule has 0 aliphatic carbocycles. The van der Waals surface area contributed by atoms with Crippen molar-refractivity contribution in [2.24, 2.45) is 0 Å². The topological polar surface area (TPSA) is 69.6 Å². The first-order valence-electron chi connectivity index (χ1n) is 9.19. The number of anilines is 2. The summed E-state index contributed by atoms with van der Waals surface area (Å²) < 4.78 is 0. The molecule has 27 heavy (non-hydrogen) atoms. The van der Waals surface area contributed by atoms with Crippen molar-refractivity contribution in [2.45, 2.75) is 36.3 Å². The Morgan fingerprint density at radius 2 is 1.70 bits per heavy atom. The molecule has 0 bridgehead atoms. The highest BCUT2D eigenvalue weighted by atomic mass is 32.2. The number of carbonyl (C=O) groups is 2. The zero-order chi connectivity index (χ0) is 19.2. The number of amides is 1. The molecule has 0 unspecified atom stereocenters. The largest absolute Gasteiger partial charge is 0.478 e. The van der Waals surface area contributed by atoms with Crippen LogP contribution >= 0.6 is 11.8 Å². The molecule has 142 valence electrons. The van der Waals surface area contributed by atoms with Crippen LogP contribution < -0.4 is 10.2 Å². The third-order valence-corrected chi connectivity index (χ3v) is 5.82. The molecule has 2 aromatic carbocycles. The minimum Gasteiger partial charge on any atom is -0.478 e. The molecule has 1 amide bonds. The number of hydrogen-bond acceptors (Lipinski definition) is 4. The van der Waals surface area contributed by atoms with Crippen molar-refractivity contribution in [1.29, 1.82) is 0 Å². The number of piperidine rings is 1. The number of carbonyl (C=O) groups excluding carboxylic acids is 1. The summed E-state index contributed by atoms with van der Waals surface area (Å²) in [6, 6.07) is 14.7. The number of aromatic carboxylic acids is 1. The number of carboxylic acid groups (broad SMARTS) is 1. The monoisotopic (exact) mass is 384 g/mol. The number of benzene rings is 2. The Labute approximate surface area is 163 Å². The number of carboxylic acids is 1. The van der Waals surface area contributed by atoms with Crippen molar-refractivity contribution in [3.63, 3.8) is 0 Å². The predicted molar refractivity (Wildman–Crippen MR) is 110 cm³/mol. The lowest BCUT2D eigenvalue weighted by atomic mass is 10.1. The van der Waals surface area contributed by atoms with Gasteiger partial charge in [0.2, 0.25) is 5.91 Å². The number of nitrogens with one attached hydrogen (secondary N) is 1. The van der Waals surface area contributed by atoms with Crippen LogP contribution in [0.25, 0.3) is 0 Å². The molecule has 0 aromatic heterocycles. The zero-order valence-electron chi connectivity index (χ0n) is 15.4. The van der Waals surface area contributed by atoms with Gasteiger partial charge in [-0.2, -0.15) is 0 Å². The fraction of sp³-hybridized carbons (Fsp3) is 0.333. The average Bonchev–Trinajstić information content (AvgIpc) is 2.69. The minimum atomic E-state index is -0.987. The van der Waals surface area contributed by atoms with E-state index in [9.17, 15) is 14.7 Å². The molecule has 1 aliphatic rings. The van der Waals surface area contributed by atoms with E-state index < -0.39 is 11.2 Å². The smallest absolute Gasteiger partial charge is 0.336 e. The fourth-order valence-electron chi connectivity index (χ4n) is 3.14. The highest BCUT2D eigenvalue weighted by Crippen LogP contribution is 2.28. The van der Waals surface area contributed by atoms with Gasteiger partial charge in [0.25, 0.3) is 0 Å². The van der Waals surface area contributed by atoms with Crippen LogP contribution in [-0.2, 0) is 4.79 Å². The normalized spacial score (nSPS) is 15.2. The molecule has 2 N–H and O–H groups in total. The van der Waals surface area contributed by atoms with Crippen molar-refractivity contribution in [3.05, 3.63) is 54.1 Å². The van der Waals surface area contributed by atoms with Gasteiger partial charge in [-0.1, -0.05) is 12.1 Å². The van der Waals surface area contributed by atoms with Gasteiger partial charge < -0.3 is 15.3 Å². The lowest BCUT2D eigenvalue weighted by molar-refractivity contribution is -0.115. The van der Waals surface area contributed by atoms with Gasteiger partial charge >= 0.3 is 5.97 Å². The van der Waals surface area contributed by atoms with Crippen LogP contribution in [0.1, 0.15) is 36.5 Å². The van der Waals surface area contributed by atoms with Gasteiger partial charge in [-0.3, -0.25) is 4.79 Å². The molecule has 1 fully saturated rings. The Morgan fingerprint density at radius 1 is 1.04 bits per heavy atom. The summed E-state index contributed by atoms with van der Waals surface area (Å²) in [5.41, 5.74) is 2.15. The SMILES string of the molecule is C[C@@H](Sc1ccccc1C(=O)O)C(=O)Nc1ccc(N2CCCCC2)cc1. The fourth-order valence-corrected chi connectivity index (χ4v) is 4.13. The van der Waals surface area contributed by atoms with Gasteiger partial charge in [-0.15, -0.1) is 11.8 Å². The molecule has 3 rings (SSSR count). The van der Waals surface area contributed by atoms with Crippen molar-refractivity contribution in [3.8, 4) is 0 Å². The van der Waals surface area contributed by atoms with E-state index in [1.165, 1.54) is 36.7 Å². The molecule has 1 atom stereocenters. The highest BCUT2D eigenvalue weighted by molar-refractivity contribution is 8.00. The van der Waals surface area contributed by atoms with Crippen LogP contribution in [-0.4, -0.2) is 35.3 Å². The van der Waals surface area contributed by atoms with Crippen molar-refractivity contribution in [1.82, 2.24) is 0 Å². The van der Waals surface area contributed by atoms with Gasteiger partial charge in [0.1, 0.15) is 0 Å².